The summed E-state index contributed by atoms with van der Waals surface area (Å²) in [5.41, 5.74) is 2.37. The summed E-state index contributed by atoms with van der Waals surface area (Å²) in [7, 11) is 0. The van der Waals surface area contributed by atoms with Gasteiger partial charge in [0.05, 0.1) is 11.6 Å². The number of hydrogen-bond acceptors (Lipinski definition) is 2. The summed E-state index contributed by atoms with van der Waals surface area (Å²) in [6.45, 7) is 1.98. The van der Waals surface area contributed by atoms with E-state index >= 15 is 0 Å². The summed E-state index contributed by atoms with van der Waals surface area (Å²) in [6, 6.07) is 7.27. The van der Waals surface area contributed by atoms with Crippen LogP contribution in [-0.4, -0.2) is 6.41 Å². The maximum atomic E-state index is 10.2. The third-order valence-electron chi connectivity index (χ3n) is 1.83. The molecule has 0 unspecified atom stereocenters. The first kappa shape index (κ1) is 9.27. The van der Waals surface area contributed by atoms with E-state index in [4.69, 9.17) is 5.26 Å². The maximum absolute atomic E-state index is 10.2. The lowest BCUT2D eigenvalue weighted by molar-refractivity contribution is -0.105. The van der Waals surface area contributed by atoms with Crippen molar-refractivity contribution in [1.29, 1.82) is 5.26 Å². The monoisotopic (exact) mass is 174 g/mol. The largest absolute Gasteiger partial charge is 0.328 e. The average molecular weight is 174 g/mol. The summed E-state index contributed by atoms with van der Waals surface area (Å²) in [6.07, 6.45) is 1.44. The molecule has 1 amide bonds. The van der Waals surface area contributed by atoms with Crippen LogP contribution < -0.4 is 5.32 Å². The van der Waals surface area contributed by atoms with Crippen molar-refractivity contribution in [2.24, 2.45) is 0 Å². The highest BCUT2D eigenvalue weighted by Crippen LogP contribution is 2.16. The van der Waals surface area contributed by atoms with E-state index in [1.165, 1.54) is 0 Å². The average Bonchev–Trinajstić information content (AvgIpc) is 2.19. The molecule has 0 heterocycles. The Morgan fingerprint density at radius 2 is 2.38 bits per heavy atom. The van der Waals surface area contributed by atoms with Crippen molar-refractivity contribution in [2.75, 3.05) is 5.32 Å². The van der Waals surface area contributed by atoms with Crippen molar-refractivity contribution < 1.29 is 4.79 Å². The van der Waals surface area contributed by atoms with Crippen LogP contribution in [0.2, 0.25) is 0 Å². The summed E-state index contributed by atoms with van der Waals surface area (Å²) in [5, 5.41) is 11.2. The van der Waals surface area contributed by atoms with Crippen LogP contribution in [0.4, 0.5) is 5.69 Å². The molecule has 0 aliphatic heterocycles. The Balaban J connectivity index is 3.09. The van der Waals surface area contributed by atoms with Gasteiger partial charge in [-0.3, -0.25) is 4.79 Å². The highest BCUT2D eigenvalue weighted by molar-refractivity contribution is 5.73. The fourth-order valence-electron chi connectivity index (χ4n) is 1.16. The number of nitrogens with one attached hydrogen (secondary N) is 1. The van der Waals surface area contributed by atoms with Gasteiger partial charge in [-0.25, -0.2) is 0 Å². The van der Waals surface area contributed by atoms with Gasteiger partial charge in [-0.2, -0.15) is 5.26 Å². The molecule has 3 nitrogen and oxygen atoms in total. The minimum Gasteiger partial charge on any atom is -0.328 e. The number of benzene rings is 1. The molecule has 0 saturated heterocycles. The van der Waals surface area contributed by atoms with Gasteiger partial charge in [-0.1, -0.05) is 6.92 Å². The predicted molar refractivity (Wildman–Crippen MR) is 50.2 cm³/mol. The van der Waals surface area contributed by atoms with Crippen molar-refractivity contribution in [3.05, 3.63) is 29.3 Å². The number of hydrogen-bond donors (Lipinski definition) is 1. The van der Waals surface area contributed by atoms with Gasteiger partial charge in [0.15, 0.2) is 0 Å². The molecular weight excluding hydrogens is 164 g/mol. The fraction of sp³-hybridized carbons (Fsp3) is 0.200. The smallest absolute Gasteiger partial charge is 0.211 e. The molecule has 13 heavy (non-hydrogen) atoms. The molecule has 1 aromatic carbocycles. The molecule has 0 atom stereocenters. The second-order valence-electron chi connectivity index (χ2n) is 2.60. The van der Waals surface area contributed by atoms with Gasteiger partial charge < -0.3 is 5.32 Å². The van der Waals surface area contributed by atoms with Crippen LogP contribution in [0.1, 0.15) is 18.1 Å². The number of anilines is 1. The first-order valence-electron chi connectivity index (χ1n) is 4.05. The third-order valence-corrected chi connectivity index (χ3v) is 1.83. The summed E-state index contributed by atoms with van der Waals surface area (Å²) >= 11 is 0. The summed E-state index contributed by atoms with van der Waals surface area (Å²) < 4.78 is 0. The lowest BCUT2D eigenvalue weighted by atomic mass is 10.1. The number of rotatable bonds is 3. The standard InChI is InChI=1S/C10H10N2O/c1-2-9-5-8(6-11)3-4-10(9)12-7-13/h3-5,7H,2H2,1H3,(H,12,13). The van der Waals surface area contributed by atoms with Gasteiger partial charge in [0.2, 0.25) is 6.41 Å². The number of aryl methyl sites for hydroxylation is 1. The fourth-order valence-corrected chi connectivity index (χ4v) is 1.16. The highest BCUT2D eigenvalue weighted by atomic mass is 16.1. The van der Waals surface area contributed by atoms with Crippen molar-refractivity contribution in [3.63, 3.8) is 0 Å². The Labute approximate surface area is 77.0 Å². The molecule has 1 N–H and O–H groups in total. The van der Waals surface area contributed by atoms with E-state index in [2.05, 4.69) is 11.4 Å². The molecule has 0 spiro atoms. The Hall–Kier alpha value is -1.82. The molecule has 0 aliphatic rings. The molecular formula is C10H10N2O. The molecule has 0 aromatic heterocycles. The molecule has 0 aliphatic carbocycles. The van der Waals surface area contributed by atoms with Crippen LogP contribution in [0.25, 0.3) is 0 Å². The third kappa shape index (κ3) is 2.06. The minimum atomic E-state index is 0.619. The van der Waals surface area contributed by atoms with E-state index in [0.29, 0.717) is 12.0 Å². The quantitative estimate of drug-likeness (QED) is 0.709. The van der Waals surface area contributed by atoms with Crippen molar-refractivity contribution >= 4 is 12.1 Å². The molecule has 66 valence electrons. The first-order chi connectivity index (χ1) is 6.31. The zero-order valence-electron chi connectivity index (χ0n) is 7.37. The second kappa shape index (κ2) is 4.27. The highest BCUT2D eigenvalue weighted by Gasteiger charge is 2.00. The molecule has 3 heteroatoms. The molecule has 0 saturated carbocycles. The van der Waals surface area contributed by atoms with E-state index in [0.717, 1.165) is 17.7 Å². The summed E-state index contributed by atoms with van der Waals surface area (Å²) in [5.74, 6) is 0. The van der Waals surface area contributed by atoms with Crippen LogP contribution in [0.15, 0.2) is 18.2 Å². The van der Waals surface area contributed by atoms with Crippen LogP contribution in [0.3, 0.4) is 0 Å². The number of carbonyl (C=O) groups excluding carboxylic acids is 1. The van der Waals surface area contributed by atoms with Crippen molar-refractivity contribution in [1.82, 2.24) is 0 Å². The van der Waals surface area contributed by atoms with Gasteiger partial charge in [0.25, 0.3) is 0 Å². The van der Waals surface area contributed by atoms with E-state index in [1.54, 1.807) is 18.2 Å². The van der Waals surface area contributed by atoms with Gasteiger partial charge in [-0.05, 0) is 30.2 Å². The molecule has 0 fully saturated rings. The second-order valence-corrected chi connectivity index (χ2v) is 2.60. The predicted octanol–water partition coefficient (Wildman–Crippen LogP) is 1.69. The van der Waals surface area contributed by atoms with Crippen LogP contribution in [-0.2, 0) is 11.2 Å². The van der Waals surface area contributed by atoms with Gasteiger partial charge in [0, 0.05) is 5.69 Å². The Kier molecular flexibility index (Phi) is 3.04. The van der Waals surface area contributed by atoms with E-state index < -0.39 is 0 Å². The lowest BCUT2D eigenvalue weighted by Crippen LogP contribution is -1.98. The van der Waals surface area contributed by atoms with Crippen molar-refractivity contribution in [2.45, 2.75) is 13.3 Å². The molecule has 1 rings (SSSR count). The SMILES string of the molecule is CCc1cc(C#N)ccc1NC=O. The van der Waals surface area contributed by atoms with Crippen LogP contribution >= 0.6 is 0 Å². The Bertz CT molecular complexity index is 352. The Morgan fingerprint density at radius 3 is 2.92 bits per heavy atom. The van der Waals surface area contributed by atoms with E-state index in [-0.39, 0.29) is 0 Å². The number of nitrogens with zero attached hydrogens (tertiary/aromatic N) is 1. The van der Waals surface area contributed by atoms with E-state index in [9.17, 15) is 4.79 Å². The van der Waals surface area contributed by atoms with Crippen molar-refractivity contribution in [3.8, 4) is 6.07 Å². The van der Waals surface area contributed by atoms with Gasteiger partial charge >= 0.3 is 0 Å². The van der Waals surface area contributed by atoms with Crippen LogP contribution in [0.5, 0.6) is 0 Å². The number of amides is 1. The van der Waals surface area contributed by atoms with Gasteiger partial charge in [-0.15, -0.1) is 0 Å². The van der Waals surface area contributed by atoms with Gasteiger partial charge in [0.1, 0.15) is 0 Å². The maximum Gasteiger partial charge on any atom is 0.211 e. The molecule has 1 aromatic rings. The molecule has 0 bridgehead atoms. The zero-order valence-corrected chi connectivity index (χ0v) is 7.37. The number of carbonyl (C=O) groups is 1. The molecule has 0 radical (unpaired) electrons. The van der Waals surface area contributed by atoms with E-state index in [1.807, 2.05) is 6.92 Å². The van der Waals surface area contributed by atoms with Crippen LogP contribution in [0, 0.1) is 11.3 Å². The minimum absolute atomic E-state index is 0.619. The Morgan fingerprint density at radius 1 is 1.62 bits per heavy atom. The summed E-state index contributed by atoms with van der Waals surface area (Å²) in [4.78, 5) is 10.2. The topological polar surface area (TPSA) is 52.9 Å². The zero-order chi connectivity index (χ0) is 9.68. The first-order valence-corrected chi connectivity index (χ1v) is 4.05. The number of nitriles is 1. The normalized spacial score (nSPS) is 8.92. The lowest BCUT2D eigenvalue weighted by Gasteiger charge is -2.05.